The highest BCUT2D eigenvalue weighted by molar-refractivity contribution is 5.60. The molecule has 0 aliphatic heterocycles. The maximum absolute atomic E-state index is 12.5. The van der Waals surface area contributed by atoms with Crippen LogP contribution in [0.5, 0.6) is 0 Å². The van der Waals surface area contributed by atoms with Crippen LogP contribution in [0.1, 0.15) is 11.1 Å². The van der Waals surface area contributed by atoms with E-state index < -0.39 is 23.5 Å². The van der Waals surface area contributed by atoms with Gasteiger partial charge in [-0.1, -0.05) is 12.1 Å². The van der Waals surface area contributed by atoms with E-state index in [1.807, 2.05) is 0 Å². The van der Waals surface area contributed by atoms with Crippen LogP contribution in [0.25, 0.3) is 11.3 Å². The van der Waals surface area contributed by atoms with E-state index in [0.717, 1.165) is 18.2 Å². The van der Waals surface area contributed by atoms with E-state index in [9.17, 15) is 26.3 Å². The lowest BCUT2D eigenvalue weighted by atomic mass is 10.1. The normalized spacial score (nSPS) is 12.5. The van der Waals surface area contributed by atoms with Crippen molar-refractivity contribution in [3.8, 4) is 11.3 Å². The number of nitrogens with zero attached hydrogens (tertiary/aromatic N) is 2. The number of hydrogen-bond acceptors (Lipinski definition) is 2. The van der Waals surface area contributed by atoms with Crippen LogP contribution in [0.15, 0.2) is 36.5 Å². The number of halogens is 6. The summed E-state index contributed by atoms with van der Waals surface area (Å²) >= 11 is 0. The topological polar surface area (TPSA) is 25.8 Å². The Labute approximate surface area is 109 Å². The van der Waals surface area contributed by atoms with Crippen molar-refractivity contribution >= 4 is 0 Å². The molecule has 0 unspecified atom stereocenters. The highest BCUT2D eigenvalue weighted by Gasteiger charge is 2.32. The minimum Gasteiger partial charge on any atom is -0.166 e. The molecule has 0 amide bonds. The molecule has 106 valence electrons. The maximum atomic E-state index is 12.5. The average Bonchev–Trinajstić information content (AvgIpc) is 2.37. The number of benzene rings is 1. The maximum Gasteiger partial charge on any atom is 0.418 e. The Morgan fingerprint density at radius 3 is 2.05 bits per heavy atom. The Bertz CT molecular complexity index is 562. The Hall–Kier alpha value is -2.12. The second kappa shape index (κ2) is 4.77. The van der Waals surface area contributed by atoms with Crippen LogP contribution in [-0.4, -0.2) is 10.2 Å². The third-order valence-corrected chi connectivity index (χ3v) is 2.47. The fraction of sp³-hybridized carbons (Fsp3) is 0.167. The Balaban J connectivity index is 2.47. The van der Waals surface area contributed by atoms with Crippen LogP contribution in [0, 0.1) is 0 Å². The zero-order chi connectivity index (χ0) is 15.0. The van der Waals surface area contributed by atoms with Gasteiger partial charge in [0.05, 0.1) is 23.0 Å². The van der Waals surface area contributed by atoms with Gasteiger partial charge in [0.2, 0.25) is 0 Å². The minimum atomic E-state index is -4.63. The Morgan fingerprint density at radius 1 is 0.800 bits per heavy atom. The van der Waals surface area contributed by atoms with Gasteiger partial charge in [-0.3, -0.25) is 0 Å². The summed E-state index contributed by atoms with van der Waals surface area (Å²) in [5, 5.41) is 6.60. The van der Waals surface area contributed by atoms with Crippen molar-refractivity contribution in [2.75, 3.05) is 0 Å². The molecule has 0 atom stereocenters. The smallest absolute Gasteiger partial charge is 0.166 e. The van der Waals surface area contributed by atoms with E-state index >= 15 is 0 Å². The Morgan fingerprint density at radius 2 is 1.45 bits per heavy atom. The molecular weight excluding hydrogens is 286 g/mol. The van der Waals surface area contributed by atoms with Crippen molar-refractivity contribution in [2.24, 2.45) is 0 Å². The second-order valence-corrected chi connectivity index (χ2v) is 3.91. The van der Waals surface area contributed by atoms with Gasteiger partial charge < -0.3 is 0 Å². The summed E-state index contributed by atoms with van der Waals surface area (Å²) in [6.07, 6.45) is -8.70. The lowest BCUT2D eigenvalue weighted by Crippen LogP contribution is -2.07. The molecule has 0 spiro atoms. The predicted molar refractivity (Wildman–Crippen MR) is 57.5 cm³/mol. The van der Waals surface area contributed by atoms with Crippen molar-refractivity contribution < 1.29 is 26.3 Å². The fourth-order valence-electron chi connectivity index (χ4n) is 1.52. The summed E-state index contributed by atoms with van der Waals surface area (Å²) in [6.45, 7) is 0. The number of alkyl halides is 6. The SMILES string of the molecule is FC(F)(F)c1cccc(-c2cc(C(F)(F)F)cnn2)c1. The number of aromatic nitrogens is 2. The largest absolute Gasteiger partial charge is 0.418 e. The summed E-state index contributed by atoms with van der Waals surface area (Å²) in [5.41, 5.74) is -2.39. The molecule has 1 heterocycles. The molecule has 0 radical (unpaired) electrons. The van der Waals surface area contributed by atoms with Crippen molar-refractivity contribution in [2.45, 2.75) is 12.4 Å². The van der Waals surface area contributed by atoms with Gasteiger partial charge in [-0.2, -0.15) is 36.5 Å². The van der Waals surface area contributed by atoms with Gasteiger partial charge in [0.25, 0.3) is 0 Å². The van der Waals surface area contributed by atoms with E-state index in [4.69, 9.17) is 0 Å². The molecule has 20 heavy (non-hydrogen) atoms. The third-order valence-electron chi connectivity index (χ3n) is 2.47. The quantitative estimate of drug-likeness (QED) is 0.737. The van der Waals surface area contributed by atoms with Gasteiger partial charge in [-0.25, -0.2) is 0 Å². The monoisotopic (exact) mass is 292 g/mol. The molecule has 0 fully saturated rings. The van der Waals surface area contributed by atoms with Crippen LogP contribution in [0.3, 0.4) is 0 Å². The first-order valence-electron chi connectivity index (χ1n) is 5.25. The highest BCUT2D eigenvalue weighted by Crippen LogP contribution is 2.33. The highest BCUT2D eigenvalue weighted by atomic mass is 19.4. The lowest BCUT2D eigenvalue weighted by Gasteiger charge is -2.09. The van der Waals surface area contributed by atoms with Crippen LogP contribution in [0.4, 0.5) is 26.3 Å². The molecule has 0 saturated heterocycles. The zero-order valence-corrected chi connectivity index (χ0v) is 9.63. The average molecular weight is 292 g/mol. The molecule has 2 nitrogen and oxygen atoms in total. The van der Waals surface area contributed by atoms with E-state index in [1.54, 1.807) is 0 Å². The van der Waals surface area contributed by atoms with Gasteiger partial charge >= 0.3 is 12.4 Å². The molecule has 2 aromatic rings. The van der Waals surface area contributed by atoms with Crippen LogP contribution in [0.2, 0.25) is 0 Å². The molecule has 0 aliphatic rings. The minimum absolute atomic E-state index is 0.0848. The van der Waals surface area contributed by atoms with Crippen LogP contribution in [-0.2, 0) is 12.4 Å². The molecule has 0 N–H and O–H groups in total. The van der Waals surface area contributed by atoms with Gasteiger partial charge in [0.1, 0.15) is 0 Å². The molecule has 1 aromatic heterocycles. The molecule has 2 rings (SSSR count). The molecular formula is C12H6F6N2. The summed E-state index contributed by atoms with van der Waals surface area (Å²) in [6, 6.07) is 4.54. The van der Waals surface area contributed by atoms with Crippen molar-refractivity contribution in [3.05, 3.63) is 47.7 Å². The summed E-state index contributed by atoms with van der Waals surface area (Å²) in [4.78, 5) is 0. The van der Waals surface area contributed by atoms with Gasteiger partial charge in [0, 0.05) is 5.56 Å². The van der Waals surface area contributed by atoms with Gasteiger partial charge in [-0.05, 0) is 18.2 Å². The predicted octanol–water partition coefficient (Wildman–Crippen LogP) is 4.18. The standard InChI is InChI=1S/C12H6F6N2/c13-11(14,15)8-3-1-2-7(4-8)10-5-9(6-19-20-10)12(16,17)18/h1-6H. The van der Waals surface area contributed by atoms with E-state index in [2.05, 4.69) is 10.2 Å². The summed E-state index contributed by atoms with van der Waals surface area (Å²) < 4.78 is 75.1. The van der Waals surface area contributed by atoms with Crippen molar-refractivity contribution in [3.63, 3.8) is 0 Å². The van der Waals surface area contributed by atoms with Crippen LogP contribution >= 0.6 is 0 Å². The Kier molecular flexibility index (Phi) is 3.41. The zero-order valence-electron chi connectivity index (χ0n) is 9.63. The fourth-order valence-corrected chi connectivity index (χ4v) is 1.52. The number of hydrogen-bond donors (Lipinski definition) is 0. The molecule has 0 aliphatic carbocycles. The first kappa shape index (κ1) is 14.3. The van der Waals surface area contributed by atoms with E-state index in [1.165, 1.54) is 6.07 Å². The third kappa shape index (κ3) is 3.06. The van der Waals surface area contributed by atoms with E-state index in [0.29, 0.717) is 12.3 Å². The van der Waals surface area contributed by atoms with Crippen molar-refractivity contribution in [1.29, 1.82) is 0 Å². The first-order valence-corrected chi connectivity index (χ1v) is 5.25. The molecule has 0 bridgehead atoms. The first-order chi connectivity index (χ1) is 9.18. The van der Waals surface area contributed by atoms with Gasteiger partial charge in [0.15, 0.2) is 0 Å². The summed E-state index contributed by atoms with van der Waals surface area (Å²) in [5.74, 6) is 0. The van der Waals surface area contributed by atoms with Crippen molar-refractivity contribution in [1.82, 2.24) is 10.2 Å². The lowest BCUT2D eigenvalue weighted by molar-refractivity contribution is -0.138. The van der Waals surface area contributed by atoms with Gasteiger partial charge in [-0.15, -0.1) is 0 Å². The molecule has 8 heteroatoms. The van der Waals surface area contributed by atoms with E-state index in [-0.39, 0.29) is 11.3 Å². The number of rotatable bonds is 1. The summed E-state index contributed by atoms with van der Waals surface area (Å²) in [7, 11) is 0. The molecule has 1 aromatic carbocycles. The second-order valence-electron chi connectivity index (χ2n) is 3.91. The van der Waals surface area contributed by atoms with Crippen LogP contribution < -0.4 is 0 Å². The molecule has 0 saturated carbocycles.